The molecule has 5 nitrogen and oxygen atoms in total. The van der Waals surface area contributed by atoms with Crippen LogP contribution < -0.4 is 11.1 Å². The van der Waals surface area contributed by atoms with Crippen molar-refractivity contribution in [3.8, 4) is 0 Å². The van der Waals surface area contributed by atoms with Crippen molar-refractivity contribution >= 4 is 5.91 Å². The van der Waals surface area contributed by atoms with Crippen LogP contribution in [0.2, 0.25) is 0 Å². The van der Waals surface area contributed by atoms with E-state index in [0.29, 0.717) is 12.8 Å². The van der Waals surface area contributed by atoms with E-state index in [0.717, 1.165) is 5.56 Å². The van der Waals surface area contributed by atoms with Gasteiger partial charge in [0.1, 0.15) is 6.04 Å². The second-order valence-electron chi connectivity index (χ2n) is 4.74. The van der Waals surface area contributed by atoms with Gasteiger partial charge in [0.05, 0.1) is 18.2 Å². The number of aliphatic hydroxyl groups is 2. The SMILES string of the molecule is NC(CO)C(=O)NC(c1ccccc1)C1(O)CC1. The summed E-state index contributed by atoms with van der Waals surface area (Å²) < 4.78 is 0. The van der Waals surface area contributed by atoms with E-state index >= 15 is 0 Å². The Morgan fingerprint density at radius 3 is 2.50 bits per heavy atom. The lowest BCUT2D eigenvalue weighted by Crippen LogP contribution is -2.47. The van der Waals surface area contributed by atoms with Crippen molar-refractivity contribution in [2.75, 3.05) is 6.61 Å². The summed E-state index contributed by atoms with van der Waals surface area (Å²) in [6.45, 7) is -0.411. The van der Waals surface area contributed by atoms with E-state index in [1.807, 2.05) is 30.3 Å². The Morgan fingerprint density at radius 2 is 2.00 bits per heavy atom. The van der Waals surface area contributed by atoms with E-state index in [2.05, 4.69) is 5.32 Å². The fourth-order valence-electron chi connectivity index (χ4n) is 1.92. The Hall–Kier alpha value is -1.43. The predicted molar refractivity (Wildman–Crippen MR) is 66.6 cm³/mol. The highest BCUT2D eigenvalue weighted by atomic mass is 16.3. The summed E-state index contributed by atoms with van der Waals surface area (Å²) >= 11 is 0. The summed E-state index contributed by atoms with van der Waals surface area (Å²) in [4.78, 5) is 11.7. The standard InChI is InChI=1S/C13H18N2O3/c14-10(8-16)12(17)15-11(13(18)6-7-13)9-4-2-1-3-5-9/h1-5,10-11,16,18H,6-8,14H2,(H,15,17). The second-order valence-corrected chi connectivity index (χ2v) is 4.74. The van der Waals surface area contributed by atoms with E-state index in [1.54, 1.807) is 0 Å². The van der Waals surface area contributed by atoms with Crippen LogP contribution in [0.4, 0.5) is 0 Å². The monoisotopic (exact) mass is 250 g/mol. The Balaban J connectivity index is 2.15. The van der Waals surface area contributed by atoms with Crippen molar-refractivity contribution in [1.82, 2.24) is 5.32 Å². The lowest BCUT2D eigenvalue weighted by molar-refractivity contribution is -0.125. The molecule has 98 valence electrons. The highest BCUT2D eigenvalue weighted by Crippen LogP contribution is 2.45. The Bertz CT molecular complexity index is 418. The third kappa shape index (κ3) is 2.69. The normalized spacial score (nSPS) is 19.9. The van der Waals surface area contributed by atoms with Crippen molar-refractivity contribution in [2.45, 2.75) is 30.5 Å². The van der Waals surface area contributed by atoms with E-state index in [1.165, 1.54) is 0 Å². The van der Waals surface area contributed by atoms with Gasteiger partial charge in [0.15, 0.2) is 0 Å². The van der Waals surface area contributed by atoms with Gasteiger partial charge >= 0.3 is 0 Å². The first-order valence-electron chi connectivity index (χ1n) is 6.01. The minimum Gasteiger partial charge on any atom is -0.394 e. The first kappa shape index (κ1) is 13.0. The van der Waals surface area contributed by atoms with Crippen LogP contribution in [0.3, 0.4) is 0 Å². The van der Waals surface area contributed by atoms with Crippen molar-refractivity contribution in [2.24, 2.45) is 5.73 Å². The molecule has 0 saturated heterocycles. The predicted octanol–water partition coefficient (Wildman–Crippen LogP) is -0.312. The van der Waals surface area contributed by atoms with Crippen molar-refractivity contribution in [3.63, 3.8) is 0 Å². The number of hydrogen-bond donors (Lipinski definition) is 4. The molecule has 1 aliphatic rings. The molecule has 5 N–H and O–H groups in total. The molecule has 1 aromatic rings. The molecule has 0 radical (unpaired) electrons. The van der Waals surface area contributed by atoms with Crippen LogP contribution in [0.1, 0.15) is 24.4 Å². The molecule has 0 bridgehead atoms. The molecule has 0 spiro atoms. The molecule has 1 fully saturated rings. The molecule has 1 saturated carbocycles. The third-order valence-corrected chi connectivity index (χ3v) is 3.25. The lowest BCUT2D eigenvalue weighted by atomic mass is 9.99. The second kappa shape index (κ2) is 5.06. The summed E-state index contributed by atoms with van der Waals surface area (Å²) in [5.41, 5.74) is 5.42. The lowest BCUT2D eigenvalue weighted by Gasteiger charge is -2.25. The van der Waals surface area contributed by atoms with E-state index in [4.69, 9.17) is 10.8 Å². The van der Waals surface area contributed by atoms with Crippen LogP contribution in [0.15, 0.2) is 30.3 Å². The number of carbonyl (C=O) groups excluding carboxylic acids is 1. The van der Waals surface area contributed by atoms with E-state index in [-0.39, 0.29) is 0 Å². The zero-order valence-electron chi connectivity index (χ0n) is 10.0. The number of hydrogen-bond acceptors (Lipinski definition) is 4. The van der Waals surface area contributed by atoms with Gasteiger partial charge in [0.2, 0.25) is 5.91 Å². The van der Waals surface area contributed by atoms with Gasteiger partial charge in [-0.1, -0.05) is 30.3 Å². The van der Waals surface area contributed by atoms with Gasteiger partial charge in [-0.25, -0.2) is 0 Å². The largest absolute Gasteiger partial charge is 0.394 e. The van der Waals surface area contributed by atoms with Crippen molar-refractivity contribution in [3.05, 3.63) is 35.9 Å². The Kier molecular flexibility index (Phi) is 3.65. The first-order valence-corrected chi connectivity index (χ1v) is 6.01. The molecule has 2 atom stereocenters. The average Bonchev–Trinajstić information content (AvgIpc) is 3.14. The molecule has 18 heavy (non-hydrogen) atoms. The number of amides is 1. The van der Waals surface area contributed by atoms with Crippen LogP contribution in [-0.4, -0.2) is 34.4 Å². The maximum absolute atomic E-state index is 11.7. The Labute approximate surface area is 106 Å². The fourth-order valence-corrected chi connectivity index (χ4v) is 1.92. The third-order valence-electron chi connectivity index (χ3n) is 3.25. The number of carbonyl (C=O) groups is 1. The molecular weight excluding hydrogens is 232 g/mol. The summed E-state index contributed by atoms with van der Waals surface area (Å²) in [6.07, 6.45) is 1.31. The number of rotatable bonds is 5. The van der Waals surface area contributed by atoms with Crippen molar-refractivity contribution in [1.29, 1.82) is 0 Å². The zero-order valence-corrected chi connectivity index (χ0v) is 10.0. The molecule has 0 heterocycles. The zero-order chi connectivity index (χ0) is 13.2. The van der Waals surface area contributed by atoms with Gasteiger partial charge in [-0.05, 0) is 18.4 Å². The number of nitrogens with one attached hydrogen (secondary N) is 1. The highest BCUT2D eigenvalue weighted by Gasteiger charge is 2.49. The summed E-state index contributed by atoms with van der Waals surface area (Å²) in [7, 11) is 0. The minimum atomic E-state index is -0.960. The average molecular weight is 250 g/mol. The summed E-state index contributed by atoms with van der Waals surface area (Å²) in [5.74, 6) is -0.452. The molecule has 1 aliphatic carbocycles. The van der Waals surface area contributed by atoms with Gasteiger partial charge in [-0.2, -0.15) is 0 Å². The van der Waals surface area contributed by atoms with Gasteiger partial charge in [0.25, 0.3) is 0 Å². The quantitative estimate of drug-likeness (QED) is 0.576. The Morgan fingerprint density at radius 1 is 1.39 bits per heavy atom. The molecule has 0 aromatic heterocycles. The van der Waals surface area contributed by atoms with Gasteiger partial charge in [-0.15, -0.1) is 0 Å². The van der Waals surface area contributed by atoms with Crippen molar-refractivity contribution < 1.29 is 15.0 Å². The first-order chi connectivity index (χ1) is 8.57. The maximum atomic E-state index is 11.7. The molecule has 0 aliphatic heterocycles. The molecule has 1 aromatic carbocycles. The molecule has 2 unspecified atom stereocenters. The van der Waals surface area contributed by atoms with E-state index < -0.39 is 30.2 Å². The topological polar surface area (TPSA) is 95.6 Å². The van der Waals surface area contributed by atoms with Crippen LogP contribution in [0.5, 0.6) is 0 Å². The molecule has 2 rings (SSSR count). The molecule has 1 amide bonds. The van der Waals surface area contributed by atoms with E-state index in [9.17, 15) is 9.90 Å². The summed E-state index contributed by atoms with van der Waals surface area (Å²) in [6, 6.07) is 7.86. The van der Waals surface area contributed by atoms with Crippen LogP contribution in [-0.2, 0) is 4.79 Å². The van der Waals surface area contributed by atoms with Gasteiger partial charge < -0.3 is 21.3 Å². The fraction of sp³-hybridized carbons (Fsp3) is 0.462. The smallest absolute Gasteiger partial charge is 0.239 e. The van der Waals surface area contributed by atoms with Crippen LogP contribution in [0.25, 0.3) is 0 Å². The maximum Gasteiger partial charge on any atom is 0.239 e. The number of benzene rings is 1. The van der Waals surface area contributed by atoms with Gasteiger partial charge in [0, 0.05) is 0 Å². The van der Waals surface area contributed by atoms with Crippen LogP contribution >= 0.6 is 0 Å². The van der Waals surface area contributed by atoms with Gasteiger partial charge in [-0.3, -0.25) is 4.79 Å². The highest BCUT2D eigenvalue weighted by molar-refractivity contribution is 5.82. The summed E-state index contributed by atoms with van der Waals surface area (Å²) in [5, 5.41) is 21.8. The molecule has 5 heteroatoms. The molecular formula is C13H18N2O3. The number of nitrogens with two attached hydrogens (primary N) is 1. The number of aliphatic hydroxyl groups excluding tert-OH is 1. The van der Waals surface area contributed by atoms with Crippen LogP contribution in [0, 0.1) is 0 Å². The minimum absolute atomic E-state index is 0.411.